The summed E-state index contributed by atoms with van der Waals surface area (Å²) in [5, 5.41) is 37.0. The van der Waals surface area contributed by atoms with Crippen molar-refractivity contribution in [3.8, 4) is 10.6 Å². The molecule has 1 aliphatic carbocycles. The molecule has 0 aromatic carbocycles. The maximum absolute atomic E-state index is 13.5. The van der Waals surface area contributed by atoms with Gasteiger partial charge in [0.1, 0.15) is 22.4 Å². The zero-order valence-corrected chi connectivity index (χ0v) is 21.6. The van der Waals surface area contributed by atoms with E-state index in [4.69, 9.17) is 0 Å². The Morgan fingerprint density at radius 3 is 2.29 bits per heavy atom. The maximum Gasteiger partial charge on any atom is 0.455 e. The number of rotatable bonds is 7. The number of hydrogen-bond donors (Lipinski definition) is 5. The average Bonchev–Trinajstić information content (AvgIpc) is 3.34. The fraction of sp³-hybridized carbons (Fsp3) is 0.565. The van der Waals surface area contributed by atoms with Crippen LogP contribution in [-0.2, 0) is 0 Å². The monoisotopic (exact) mass is 562 g/mol. The van der Waals surface area contributed by atoms with Crippen molar-refractivity contribution in [1.82, 2.24) is 19.9 Å². The molecule has 3 aromatic heterocycles. The van der Waals surface area contributed by atoms with Crippen molar-refractivity contribution in [2.24, 2.45) is 5.92 Å². The topological polar surface area (TPSA) is 136 Å². The van der Waals surface area contributed by atoms with E-state index in [1.54, 1.807) is 19.2 Å². The van der Waals surface area contributed by atoms with E-state index in [2.05, 4.69) is 25.3 Å². The molecule has 4 atom stereocenters. The molecule has 1 aliphatic rings. The molecule has 1 saturated carbocycles. The highest BCUT2D eigenvalue weighted by Gasteiger charge is 2.57. The van der Waals surface area contributed by atoms with Crippen LogP contribution >= 0.6 is 11.3 Å². The fourth-order valence-corrected chi connectivity index (χ4v) is 5.56. The number of nitrogens with one attached hydrogen (secondary N) is 2. The third kappa shape index (κ3) is 5.37. The highest BCUT2D eigenvalue weighted by atomic mass is 32.1. The number of halogens is 5. The number of anilines is 2. The Kier molecular flexibility index (Phi) is 7.27. The molecule has 9 nitrogen and oxygen atoms in total. The molecule has 0 aliphatic heterocycles. The van der Waals surface area contributed by atoms with E-state index in [1.807, 2.05) is 5.32 Å². The Bertz CT molecular complexity index is 1330. The van der Waals surface area contributed by atoms with Gasteiger partial charge in [0, 0.05) is 12.1 Å². The standard InChI is InChI=1S/C23H27F5N6O3S/c1-9-14(19-33-15-10(2)29-6-5-13(15)38-19)18(32-12-7-11(21(3,4)37)16(35)17(12)36)34-20(31-9)30-8-22(24,25)23(26,27)28/h5-6,11-12,16-17,35-37H,7-8H2,1-4H3,(H2,30,31,32,34)/t11-,12?,16+,17-/m0/s1. The van der Waals surface area contributed by atoms with Gasteiger partial charge in [0.05, 0.1) is 45.9 Å². The highest BCUT2D eigenvalue weighted by molar-refractivity contribution is 7.21. The van der Waals surface area contributed by atoms with Gasteiger partial charge in [-0.2, -0.15) is 26.9 Å². The lowest BCUT2D eigenvalue weighted by molar-refractivity contribution is -0.275. The first kappa shape index (κ1) is 28.3. The second kappa shape index (κ2) is 9.77. The minimum Gasteiger partial charge on any atom is -0.390 e. The molecule has 0 radical (unpaired) electrons. The number of aliphatic hydroxyl groups is 3. The molecule has 1 unspecified atom stereocenters. The van der Waals surface area contributed by atoms with E-state index in [0.29, 0.717) is 21.8 Å². The van der Waals surface area contributed by atoms with Gasteiger partial charge in [-0.1, -0.05) is 0 Å². The second-order valence-corrected chi connectivity index (χ2v) is 10.9. The molecule has 0 amide bonds. The zero-order chi connectivity index (χ0) is 28.2. The lowest BCUT2D eigenvalue weighted by atomic mass is 9.88. The largest absolute Gasteiger partial charge is 0.455 e. The molecule has 38 heavy (non-hydrogen) atoms. The van der Waals surface area contributed by atoms with Crippen LogP contribution in [0.3, 0.4) is 0 Å². The minimum atomic E-state index is -5.76. The molecular formula is C23H27F5N6O3S. The summed E-state index contributed by atoms with van der Waals surface area (Å²) in [6, 6.07) is 0.921. The number of pyridine rings is 1. The predicted octanol–water partition coefficient (Wildman–Crippen LogP) is 3.67. The summed E-state index contributed by atoms with van der Waals surface area (Å²) in [5.74, 6) is -6.23. The van der Waals surface area contributed by atoms with Gasteiger partial charge >= 0.3 is 12.1 Å². The van der Waals surface area contributed by atoms with E-state index >= 15 is 0 Å². The van der Waals surface area contributed by atoms with Crippen LogP contribution in [0.25, 0.3) is 20.8 Å². The second-order valence-electron chi connectivity index (χ2n) is 9.90. The lowest BCUT2D eigenvalue weighted by Crippen LogP contribution is -2.42. The van der Waals surface area contributed by atoms with E-state index in [-0.39, 0.29) is 17.9 Å². The Hall–Kier alpha value is -2.75. The van der Waals surface area contributed by atoms with Gasteiger partial charge in [0.2, 0.25) is 5.95 Å². The van der Waals surface area contributed by atoms with Crippen LogP contribution in [0.15, 0.2) is 12.3 Å². The van der Waals surface area contributed by atoms with Crippen LogP contribution < -0.4 is 10.6 Å². The Morgan fingerprint density at radius 2 is 1.71 bits per heavy atom. The van der Waals surface area contributed by atoms with Crippen molar-refractivity contribution in [3.05, 3.63) is 23.7 Å². The quantitative estimate of drug-likeness (QED) is 0.273. The number of thiazole rings is 1. The van der Waals surface area contributed by atoms with Gasteiger partial charge in [-0.05, 0) is 40.2 Å². The number of aryl methyl sites for hydroxylation is 2. The summed E-state index contributed by atoms with van der Waals surface area (Å²) in [4.78, 5) is 17.1. The van der Waals surface area contributed by atoms with Crippen LogP contribution in [0.5, 0.6) is 0 Å². The van der Waals surface area contributed by atoms with Gasteiger partial charge in [0.25, 0.3) is 0 Å². The van der Waals surface area contributed by atoms with Crippen molar-refractivity contribution < 1.29 is 37.3 Å². The molecule has 3 heterocycles. The molecule has 15 heteroatoms. The van der Waals surface area contributed by atoms with Crippen molar-refractivity contribution in [1.29, 1.82) is 0 Å². The van der Waals surface area contributed by atoms with E-state index in [9.17, 15) is 37.3 Å². The molecule has 0 spiro atoms. The lowest BCUT2D eigenvalue weighted by Gasteiger charge is -2.28. The summed E-state index contributed by atoms with van der Waals surface area (Å²) in [7, 11) is 0. The number of hydrogen-bond acceptors (Lipinski definition) is 10. The van der Waals surface area contributed by atoms with Gasteiger partial charge in [-0.3, -0.25) is 4.98 Å². The summed E-state index contributed by atoms with van der Waals surface area (Å²) in [6.07, 6.45) is -6.64. The SMILES string of the molecule is Cc1nc(NCC(F)(F)C(F)(F)F)nc(NC2C[C@H](C(C)(C)O)[C@@H](O)[C@H]2O)c1-c1nc2c(C)nccc2s1. The Balaban J connectivity index is 1.75. The number of aromatic nitrogens is 4. The Morgan fingerprint density at radius 1 is 1.03 bits per heavy atom. The summed E-state index contributed by atoms with van der Waals surface area (Å²) in [5.41, 5.74) is 0.509. The first-order valence-electron chi connectivity index (χ1n) is 11.6. The van der Waals surface area contributed by atoms with Gasteiger partial charge < -0.3 is 26.0 Å². The van der Waals surface area contributed by atoms with Crippen molar-refractivity contribution in [3.63, 3.8) is 0 Å². The van der Waals surface area contributed by atoms with E-state index in [1.165, 1.54) is 32.1 Å². The van der Waals surface area contributed by atoms with Crippen molar-refractivity contribution in [2.75, 3.05) is 17.2 Å². The van der Waals surface area contributed by atoms with Gasteiger partial charge in [0.15, 0.2) is 0 Å². The fourth-order valence-electron chi connectivity index (χ4n) is 4.45. The van der Waals surface area contributed by atoms with Gasteiger partial charge in [-0.15, -0.1) is 11.3 Å². The van der Waals surface area contributed by atoms with Crippen molar-refractivity contribution in [2.45, 2.75) is 70.1 Å². The zero-order valence-electron chi connectivity index (χ0n) is 20.8. The third-order valence-electron chi connectivity index (χ3n) is 6.59. The third-order valence-corrected chi connectivity index (χ3v) is 7.63. The normalized spacial score (nSPS) is 22.7. The predicted molar refractivity (Wildman–Crippen MR) is 131 cm³/mol. The summed E-state index contributed by atoms with van der Waals surface area (Å²) >= 11 is 1.27. The minimum absolute atomic E-state index is 0.00707. The molecule has 0 bridgehead atoms. The van der Waals surface area contributed by atoms with E-state index < -0.39 is 54.4 Å². The van der Waals surface area contributed by atoms with Crippen LogP contribution in [0.4, 0.5) is 33.7 Å². The number of nitrogens with zero attached hydrogens (tertiary/aromatic N) is 4. The molecule has 1 fully saturated rings. The van der Waals surface area contributed by atoms with E-state index in [0.717, 1.165) is 4.70 Å². The molecule has 5 N–H and O–H groups in total. The number of aliphatic hydroxyl groups excluding tert-OH is 2. The first-order chi connectivity index (χ1) is 17.5. The highest BCUT2D eigenvalue weighted by Crippen LogP contribution is 2.41. The number of alkyl halides is 5. The maximum atomic E-state index is 13.5. The van der Waals surface area contributed by atoms with Crippen molar-refractivity contribution >= 4 is 33.3 Å². The van der Waals surface area contributed by atoms with Gasteiger partial charge in [-0.25, -0.2) is 9.97 Å². The first-order valence-corrected chi connectivity index (χ1v) is 12.5. The molecule has 208 valence electrons. The molecule has 4 rings (SSSR count). The summed E-state index contributed by atoms with van der Waals surface area (Å²) in [6.45, 7) is 4.50. The summed E-state index contributed by atoms with van der Waals surface area (Å²) < 4.78 is 65.9. The van der Waals surface area contributed by atoms with Crippen LogP contribution in [0.1, 0.15) is 31.7 Å². The average molecular weight is 563 g/mol. The molecule has 3 aromatic rings. The van der Waals surface area contributed by atoms with Crippen LogP contribution in [0.2, 0.25) is 0 Å². The molecular weight excluding hydrogens is 535 g/mol. The van der Waals surface area contributed by atoms with Crippen LogP contribution in [-0.4, -0.2) is 77.7 Å². The Labute approximate surface area is 218 Å². The van der Waals surface area contributed by atoms with Crippen LogP contribution in [0, 0.1) is 19.8 Å². The smallest absolute Gasteiger partial charge is 0.390 e. The molecule has 0 saturated heterocycles. The number of fused-ring (bicyclic) bond motifs is 1.